The number of rotatable bonds is 3. The lowest BCUT2D eigenvalue weighted by molar-refractivity contribution is 0.385. The second-order valence-corrected chi connectivity index (χ2v) is 4.69. The third-order valence-electron chi connectivity index (χ3n) is 3.24. The van der Waals surface area contributed by atoms with Crippen molar-refractivity contribution >= 4 is 11.6 Å². The van der Waals surface area contributed by atoms with Crippen LogP contribution in [0.5, 0.6) is 11.5 Å². The van der Waals surface area contributed by atoms with Crippen LogP contribution in [-0.2, 0) is 0 Å². The Morgan fingerprint density at radius 2 is 2.00 bits per heavy atom. The smallest absolute Gasteiger partial charge is 0.146 e. The van der Waals surface area contributed by atoms with Crippen LogP contribution in [0, 0.1) is 6.92 Å². The van der Waals surface area contributed by atoms with Gasteiger partial charge in [0.05, 0.1) is 14.2 Å². The van der Waals surface area contributed by atoms with Crippen molar-refractivity contribution in [3.05, 3.63) is 22.2 Å². The molecule has 1 heterocycles. The zero-order valence-electron chi connectivity index (χ0n) is 10.5. The SMILES string of the molecule is COc1c(C)cc(C2CCCN2)c(OC)c1Cl. The quantitative estimate of drug-likeness (QED) is 0.900. The van der Waals surface area contributed by atoms with Gasteiger partial charge in [0, 0.05) is 11.6 Å². The Morgan fingerprint density at radius 3 is 2.53 bits per heavy atom. The molecule has 0 saturated carbocycles. The van der Waals surface area contributed by atoms with Crippen LogP contribution in [0.4, 0.5) is 0 Å². The van der Waals surface area contributed by atoms with Gasteiger partial charge in [-0.15, -0.1) is 0 Å². The molecule has 0 amide bonds. The fraction of sp³-hybridized carbons (Fsp3) is 0.538. The van der Waals surface area contributed by atoms with E-state index in [2.05, 4.69) is 11.4 Å². The van der Waals surface area contributed by atoms with Crippen molar-refractivity contribution in [3.63, 3.8) is 0 Å². The molecule has 17 heavy (non-hydrogen) atoms. The van der Waals surface area contributed by atoms with E-state index in [1.807, 2.05) is 6.92 Å². The molecule has 0 aromatic heterocycles. The average molecular weight is 256 g/mol. The highest BCUT2D eigenvalue weighted by Crippen LogP contribution is 2.43. The van der Waals surface area contributed by atoms with Gasteiger partial charge in [0.25, 0.3) is 0 Å². The number of nitrogens with one attached hydrogen (secondary N) is 1. The van der Waals surface area contributed by atoms with E-state index < -0.39 is 0 Å². The maximum Gasteiger partial charge on any atom is 0.146 e. The van der Waals surface area contributed by atoms with E-state index in [0.717, 1.165) is 29.8 Å². The molecule has 1 fully saturated rings. The van der Waals surface area contributed by atoms with E-state index in [1.54, 1.807) is 14.2 Å². The van der Waals surface area contributed by atoms with Crippen molar-refractivity contribution < 1.29 is 9.47 Å². The number of hydrogen-bond donors (Lipinski definition) is 1. The summed E-state index contributed by atoms with van der Waals surface area (Å²) in [7, 11) is 3.27. The highest BCUT2D eigenvalue weighted by Gasteiger charge is 2.24. The summed E-state index contributed by atoms with van der Waals surface area (Å²) in [5, 5.41) is 4.03. The molecular weight excluding hydrogens is 238 g/mol. The summed E-state index contributed by atoms with van der Waals surface area (Å²) in [6.07, 6.45) is 2.31. The maximum absolute atomic E-state index is 6.32. The molecule has 1 aliphatic rings. The van der Waals surface area contributed by atoms with Crippen LogP contribution < -0.4 is 14.8 Å². The fourth-order valence-corrected chi connectivity index (χ4v) is 2.85. The Labute approximate surface area is 107 Å². The van der Waals surface area contributed by atoms with Gasteiger partial charge < -0.3 is 14.8 Å². The van der Waals surface area contributed by atoms with Crippen LogP contribution in [-0.4, -0.2) is 20.8 Å². The lowest BCUT2D eigenvalue weighted by Crippen LogP contribution is -2.14. The van der Waals surface area contributed by atoms with Crippen molar-refractivity contribution in [1.82, 2.24) is 5.32 Å². The van der Waals surface area contributed by atoms with Crippen molar-refractivity contribution in [3.8, 4) is 11.5 Å². The maximum atomic E-state index is 6.32. The Hall–Kier alpha value is -0.930. The predicted molar refractivity (Wildman–Crippen MR) is 69.3 cm³/mol. The average Bonchev–Trinajstić information content (AvgIpc) is 2.82. The first-order chi connectivity index (χ1) is 8.19. The summed E-state index contributed by atoms with van der Waals surface area (Å²) in [6, 6.07) is 2.44. The predicted octanol–water partition coefficient (Wildman–Crippen LogP) is 3.09. The Bertz CT molecular complexity index is 414. The van der Waals surface area contributed by atoms with Gasteiger partial charge >= 0.3 is 0 Å². The Kier molecular flexibility index (Phi) is 3.79. The molecule has 1 aromatic carbocycles. The molecule has 1 aromatic rings. The molecule has 0 aliphatic carbocycles. The number of methoxy groups -OCH3 is 2. The normalized spacial score (nSPS) is 19.4. The molecule has 1 atom stereocenters. The monoisotopic (exact) mass is 255 g/mol. The molecule has 1 unspecified atom stereocenters. The van der Waals surface area contributed by atoms with Crippen molar-refractivity contribution in [2.45, 2.75) is 25.8 Å². The lowest BCUT2D eigenvalue weighted by atomic mass is 10.0. The summed E-state index contributed by atoms with van der Waals surface area (Å²) in [4.78, 5) is 0. The van der Waals surface area contributed by atoms with Gasteiger partial charge in [-0.3, -0.25) is 0 Å². The molecule has 1 N–H and O–H groups in total. The minimum atomic E-state index is 0.340. The second kappa shape index (κ2) is 5.15. The van der Waals surface area contributed by atoms with Crippen molar-refractivity contribution in [2.24, 2.45) is 0 Å². The first-order valence-electron chi connectivity index (χ1n) is 5.83. The van der Waals surface area contributed by atoms with E-state index in [4.69, 9.17) is 21.1 Å². The van der Waals surface area contributed by atoms with Gasteiger partial charge in [-0.1, -0.05) is 11.6 Å². The standard InChI is InChI=1S/C13H18ClNO2/c1-8-7-9(10-5-4-6-15-10)13(17-3)11(14)12(8)16-2/h7,10,15H,4-6H2,1-3H3. The first-order valence-corrected chi connectivity index (χ1v) is 6.21. The van der Waals surface area contributed by atoms with Gasteiger partial charge in [-0.05, 0) is 37.9 Å². The molecule has 0 radical (unpaired) electrons. The summed E-state index contributed by atoms with van der Waals surface area (Å²) < 4.78 is 10.7. The number of hydrogen-bond acceptors (Lipinski definition) is 3. The Morgan fingerprint density at radius 1 is 1.29 bits per heavy atom. The largest absolute Gasteiger partial charge is 0.495 e. The van der Waals surface area contributed by atoms with Gasteiger partial charge in [0.1, 0.15) is 16.5 Å². The zero-order chi connectivity index (χ0) is 12.4. The van der Waals surface area contributed by atoms with Gasteiger partial charge in [-0.25, -0.2) is 0 Å². The summed E-state index contributed by atoms with van der Waals surface area (Å²) in [5.74, 6) is 1.43. The number of benzene rings is 1. The van der Waals surface area contributed by atoms with Crippen LogP contribution in [0.2, 0.25) is 5.02 Å². The fourth-order valence-electron chi connectivity index (χ4n) is 2.43. The summed E-state index contributed by atoms with van der Waals surface area (Å²) in [6.45, 7) is 3.05. The van der Waals surface area contributed by atoms with Gasteiger partial charge in [0.2, 0.25) is 0 Å². The van der Waals surface area contributed by atoms with E-state index in [0.29, 0.717) is 16.8 Å². The zero-order valence-corrected chi connectivity index (χ0v) is 11.2. The topological polar surface area (TPSA) is 30.5 Å². The van der Waals surface area contributed by atoms with Crippen LogP contribution in [0.1, 0.15) is 30.0 Å². The minimum absolute atomic E-state index is 0.340. The molecule has 0 spiro atoms. The Balaban J connectivity index is 2.51. The van der Waals surface area contributed by atoms with Gasteiger partial charge in [0.15, 0.2) is 0 Å². The van der Waals surface area contributed by atoms with Crippen LogP contribution in [0.25, 0.3) is 0 Å². The molecule has 3 nitrogen and oxygen atoms in total. The number of ether oxygens (including phenoxy) is 2. The second-order valence-electron chi connectivity index (χ2n) is 4.31. The van der Waals surface area contributed by atoms with E-state index >= 15 is 0 Å². The van der Waals surface area contributed by atoms with Crippen molar-refractivity contribution in [1.29, 1.82) is 0 Å². The molecule has 0 bridgehead atoms. The van der Waals surface area contributed by atoms with E-state index in [1.165, 1.54) is 6.42 Å². The van der Waals surface area contributed by atoms with E-state index in [9.17, 15) is 0 Å². The number of halogens is 1. The number of aryl methyl sites for hydroxylation is 1. The highest BCUT2D eigenvalue weighted by atomic mass is 35.5. The first kappa shape index (κ1) is 12.5. The molecule has 1 saturated heterocycles. The lowest BCUT2D eigenvalue weighted by Gasteiger charge is -2.19. The van der Waals surface area contributed by atoms with Crippen LogP contribution in [0.3, 0.4) is 0 Å². The van der Waals surface area contributed by atoms with E-state index in [-0.39, 0.29) is 0 Å². The summed E-state index contributed by atoms with van der Waals surface area (Å²) >= 11 is 6.32. The molecule has 94 valence electrons. The highest BCUT2D eigenvalue weighted by molar-refractivity contribution is 6.33. The molecular formula is C13H18ClNO2. The van der Waals surface area contributed by atoms with Crippen molar-refractivity contribution in [2.75, 3.05) is 20.8 Å². The third kappa shape index (κ3) is 2.22. The molecule has 2 rings (SSSR count). The minimum Gasteiger partial charge on any atom is -0.495 e. The van der Waals surface area contributed by atoms with Crippen LogP contribution in [0.15, 0.2) is 6.07 Å². The summed E-state index contributed by atoms with van der Waals surface area (Å²) in [5.41, 5.74) is 2.18. The van der Waals surface area contributed by atoms with Gasteiger partial charge in [-0.2, -0.15) is 0 Å². The third-order valence-corrected chi connectivity index (χ3v) is 3.58. The molecule has 1 aliphatic heterocycles. The van der Waals surface area contributed by atoms with Crippen LogP contribution >= 0.6 is 11.6 Å². The molecule has 4 heteroatoms.